The predicted octanol–water partition coefficient (Wildman–Crippen LogP) is 8.72. The van der Waals surface area contributed by atoms with E-state index in [0.29, 0.717) is 0 Å². The summed E-state index contributed by atoms with van der Waals surface area (Å²) in [6, 6.07) is 46.9. The highest BCUT2D eigenvalue weighted by Crippen LogP contribution is 2.39. The molecule has 6 aromatic rings. The summed E-state index contributed by atoms with van der Waals surface area (Å²) >= 11 is 0. The fraction of sp³-hybridized carbons (Fsp3) is 0.0286. The molecule has 174 valence electrons. The lowest BCUT2D eigenvalue weighted by Gasteiger charge is -2.11. The van der Waals surface area contributed by atoms with Crippen molar-refractivity contribution in [3.8, 4) is 56.2 Å². The lowest BCUT2D eigenvalue weighted by molar-refractivity contribution is 1.18. The van der Waals surface area contributed by atoms with Crippen LogP contribution in [0.4, 0.5) is 0 Å². The molecular weight excluding hydrogens is 448 g/mol. The molecule has 5 aromatic carbocycles. The van der Waals surface area contributed by atoms with Crippen LogP contribution in [0.15, 0.2) is 133 Å². The Bertz CT molecular complexity index is 1680. The standard InChI is InChI=1S/C35H24N2/c1-3-10-24(11-4-1)33-23-34(25-12-5-2-6-13-25)37-35(36-33)29-16-9-15-26(20-29)27-18-19-32-30(21-27)22-28-14-7-8-17-31(28)32/h1-21,23H,22H2. The van der Waals surface area contributed by atoms with Crippen molar-refractivity contribution in [2.45, 2.75) is 6.42 Å². The van der Waals surface area contributed by atoms with Crippen LogP contribution in [-0.2, 0) is 6.42 Å². The van der Waals surface area contributed by atoms with Crippen molar-refractivity contribution in [3.63, 3.8) is 0 Å². The highest BCUT2D eigenvalue weighted by molar-refractivity contribution is 5.81. The third kappa shape index (κ3) is 4.03. The number of benzene rings is 5. The number of fused-ring (bicyclic) bond motifs is 3. The molecule has 0 saturated heterocycles. The monoisotopic (exact) mass is 472 g/mol. The van der Waals surface area contributed by atoms with Crippen LogP contribution in [0.2, 0.25) is 0 Å². The lowest BCUT2D eigenvalue weighted by atomic mass is 9.97. The first kappa shape index (κ1) is 21.5. The molecule has 0 atom stereocenters. The summed E-state index contributed by atoms with van der Waals surface area (Å²) in [6.07, 6.45) is 0.988. The summed E-state index contributed by atoms with van der Waals surface area (Å²) in [4.78, 5) is 10.0. The number of rotatable bonds is 4. The van der Waals surface area contributed by atoms with Gasteiger partial charge < -0.3 is 0 Å². The molecule has 0 fully saturated rings. The van der Waals surface area contributed by atoms with Gasteiger partial charge in [-0.05, 0) is 51.9 Å². The lowest BCUT2D eigenvalue weighted by Crippen LogP contribution is -1.96. The van der Waals surface area contributed by atoms with Gasteiger partial charge in [0.1, 0.15) is 0 Å². The topological polar surface area (TPSA) is 25.8 Å². The molecule has 1 aliphatic carbocycles. The Morgan fingerprint density at radius 2 is 0.946 bits per heavy atom. The average molecular weight is 473 g/mol. The molecular formula is C35H24N2. The Morgan fingerprint density at radius 1 is 0.378 bits per heavy atom. The third-order valence-electron chi connectivity index (χ3n) is 7.11. The molecule has 0 aliphatic heterocycles. The van der Waals surface area contributed by atoms with Gasteiger partial charge in [-0.15, -0.1) is 0 Å². The van der Waals surface area contributed by atoms with E-state index in [-0.39, 0.29) is 0 Å². The largest absolute Gasteiger partial charge is 0.228 e. The molecule has 1 aliphatic rings. The smallest absolute Gasteiger partial charge is 0.160 e. The number of hydrogen-bond acceptors (Lipinski definition) is 2. The highest BCUT2D eigenvalue weighted by atomic mass is 14.9. The maximum Gasteiger partial charge on any atom is 0.160 e. The van der Waals surface area contributed by atoms with Crippen LogP contribution in [0.25, 0.3) is 56.2 Å². The molecule has 0 spiro atoms. The SMILES string of the molecule is c1ccc(-c2cc(-c3ccccc3)nc(-c3cccc(-c4ccc5c(c4)Cc4ccccc4-5)c3)n2)cc1. The second-order valence-electron chi connectivity index (χ2n) is 9.48. The predicted molar refractivity (Wildman–Crippen MR) is 152 cm³/mol. The Balaban J connectivity index is 1.32. The minimum absolute atomic E-state index is 0.732. The van der Waals surface area contributed by atoms with Crippen molar-refractivity contribution in [2.24, 2.45) is 0 Å². The fourth-order valence-corrected chi connectivity index (χ4v) is 5.25. The zero-order valence-electron chi connectivity index (χ0n) is 20.3. The van der Waals surface area contributed by atoms with Gasteiger partial charge in [0.15, 0.2) is 5.82 Å². The van der Waals surface area contributed by atoms with Crippen LogP contribution in [0.5, 0.6) is 0 Å². The molecule has 0 N–H and O–H groups in total. The van der Waals surface area contributed by atoms with Crippen LogP contribution in [0.1, 0.15) is 11.1 Å². The molecule has 2 nitrogen and oxygen atoms in total. The summed E-state index contributed by atoms with van der Waals surface area (Å²) in [5, 5.41) is 0. The van der Waals surface area contributed by atoms with Crippen molar-refractivity contribution in [1.82, 2.24) is 9.97 Å². The van der Waals surface area contributed by atoms with E-state index in [4.69, 9.17) is 9.97 Å². The Kier molecular flexibility index (Phi) is 5.22. The molecule has 0 saturated carbocycles. The number of aromatic nitrogens is 2. The normalized spacial score (nSPS) is 11.7. The summed E-state index contributed by atoms with van der Waals surface area (Å²) in [6.45, 7) is 0. The van der Waals surface area contributed by atoms with Crippen LogP contribution in [0.3, 0.4) is 0 Å². The maximum absolute atomic E-state index is 5.01. The highest BCUT2D eigenvalue weighted by Gasteiger charge is 2.18. The van der Waals surface area contributed by atoms with Gasteiger partial charge in [-0.1, -0.05) is 121 Å². The molecule has 0 radical (unpaired) electrons. The summed E-state index contributed by atoms with van der Waals surface area (Å²) in [5.74, 6) is 0.732. The minimum atomic E-state index is 0.732. The summed E-state index contributed by atoms with van der Waals surface area (Å²) in [5.41, 5.74) is 12.9. The van der Waals surface area contributed by atoms with Crippen molar-refractivity contribution in [3.05, 3.63) is 145 Å². The van der Waals surface area contributed by atoms with E-state index in [1.54, 1.807) is 0 Å². The third-order valence-corrected chi connectivity index (χ3v) is 7.11. The van der Waals surface area contributed by atoms with Gasteiger partial charge in [-0.25, -0.2) is 9.97 Å². The average Bonchev–Trinajstić information content (AvgIpc) is 3.36. The van der Waals surface area contributed by atoms with Crippen LogP contribution < -0.4 is 0 Å². The molecule has 37 heavy (non-hydrogen) atoms. The zero-order valence-corrected chi connectivity index (χ0v) is 20.3. The second-order valence-corrected chi connectivity index (χ2v) is 9.48. The van der Waals surface area contributed by atoms with Gasteiger partial charge in [-0.3, -0.25) is 0 Å². The maximum atomic E-state index is 5.01. The summed E-state index contributed by atoms with van der Waals surface area (Å²) in [7, 11) is 0. The van der Waals surface area contributed by atoms with Crippen molar-refractivity contribution >= 4 is 0 Å². The first-order chi connectivity index (χ1) is 18.3. The first-order valence-electron chi connectivity index (χ1n) is 12.6. The van der Waals surface area contributed by atoms with Gasteiger partial charge in [0.05, 0.1) is 11.4 Å². The number of hydrogen-bond donors (Lipinski definition) is 0. The van der Waals surface area contributed by atoms with Crippen molar-refractivity contribution in [1.29, 1.82) is 0 Å². The Hall–Kier alpha value is -4.82. The number of nitrogens with zero attached hydrogens (tertiary/aromatic N) is 2. The quantitative estimate of drug-likeness (QED) is 0.256. The van der Waals surface area contributed by atoms with Gasteiger partial charge in [0.25, 0.3) is 0 Å². The van der Waals surface area contributed by atoms with Crippen LogP contribution in [0, 0.1) is 0 Å². The van der Waals surface area contributed by atoms with Gasteiger partial charge in [0, 0.05) is 16.7 Å². The molecule has 0 bridgehead atoms. The van der Waals surface area contributed by atoms with E-state index in [2.05, 4.69) is 97.1 Å². The fourth-order valence-electron chi connectivity index (χ4n) is 5.25. The first-order valence-corrected chi connectivity index (χ1v) is 12.6. The summed E-state index contributed by atoms with van der Waals surface area (Å²) < 4.78 is 0. The van der Waals surface area contributed by atoms with E-state index in [1.165, 1.54) is 33.4 Å². The van der Waals surface area contributed by atoms with Gasteiger partial charge in [-0.2, -0.15) is 0 Å². The van der Waals surface area contributed by atoms with E-state index in [0.717, 1.165) is 40.3 Å². The Labute approximate surface area is 217 Å². The molecule has 1 aromatic heterocycles. The van der Waals surface area contributed by atoms with E-state index in [1.807, 2.05) is 36.4 Å². The van der Waals surface area contributed by atoms with E-state index >= 15 is 0 Å². The van der Waals surface area contributed by atoms with Gasteiger partial charge >= 0.3 is 0 Å². The van der Waals surface area contributed by atoms with Crippen molar-refractivity contribution < 1.29 is 0 Å². The molecule has 2 heteroatoms. The Morgan fingerprint density at radius 3 is 1.68 bits per heavy atom. The molecule has 0 amide bonds. The molecule has 0 unspecified atom stereocenters. The van der Waals surface area contributed by atoms with Crippen LogP contribution in [-0.4, -0.2) is 9.97 Å². The second kappa shape index (κ2) is 9.00. The van der Waals surface area contributed by atoms with Gasteiger partial charge in [0.2, 0.25) is 0 Å². The molecule has 7 rings (SSSR count). The molecule has 1 heterocycles. The van der Waals surface area contributed by atoms with E-state index < -0.39 is 0 Å². The van der Waals surface area contributed by atoms with Crippen molar-refractivity contribution in [2.75, 3.05) is 0 Å². The van der Waals surface area contributed by atoms with Crippen LogP contribution >= 0.6 is 0 Å². The zero-order chi connectivity index (χ0) is 24.6. The minimum Gasteiger partial charge on any atom is -0.228 e. The van der Waals surface area contributed by atoms with E-state index in [9.17, 15) is 0 Å².